The Bertz CT molecular complexity index is 1220. The number of nitrogens with zero attached hydrogens (tertiary/aromatic N) is 1. The van der Waals surface area contributed by atoms with Gasteiger partial charge in [0.2, 0.25) is 5.91 Å². The average Bonchev–Trinajstić information content (AvgIpc) is 2.80. The van der Waals surface area contributed by atoms with E-state index in [4.69, 9.17) is 4.74 Å². The number of esters is 1. The summed E-state index contributed by atoms with van der Waals surface area (Å²) >= 11 is 1.28. The molecule has 3 rings (SSSR count). The summed E-state index contributed by atoms with van der Waals surface area (Å²) in [4.78, 5) is 37.7. The molecule has 2 N–H and O–H groups in total. The summed E-state index contributed by atoms with van der Waals surface area (Å²) in [6.45, 7) is 2.89. The third-order valence-corrected chi connectivity index (χ3v) is 5.61. The minimum Gasteiger partial charge on any atom is -0.449 e. The van der Waals surface area contributed by atoms with Gasteiger partial charge in [0, 0.05) is 28.1 Å². The maximum absolute atomic E-state index is 12.8. The van der Waals surface area contributed by atoms with Crippen LogP contribution < -0.4 is 10.6 Å². The van der Waals surface area contributed by atoms with Crippen molar-refractivity contribution < 1.29 is 19.1 Å². The van der Waals surface area contributed by atoms with Crippen molar-refractivity contribution in [1.29, 1.82) is 5.26 Å². The second-order valence-electron chi connectivity index (χ2n) is 7.00. The second-order valence-corrected chi connectivity index (χ2v) is 8.09. The smallest absolute Gasteiger partial charge is 0.340 e. The molecule has 0 saturated carbocycles. The molecule has 1 atom stereocenters. The number of carbonyl (C=O) groups excluding carboxylic acids is 3. The highest BCUT2D eigenvalue weighted by Gasteiger charge is 2.21. The first-order valence-corrected chi connectivity index (χ1v) is 10.8. The van der Waals surface area contributed by atoms with Gasteiger partial charge in [0.1, 0.15) is 6.07 Å². The third kappa shape index (κ3) is 6.45. The van der Waals surface area contributed by atoms with E-state index >= 15 is 0 Å². The Labute approximate surface area is 195 Å². The zero-order valence-corrected chi connectivity index (χ0v) is 18.8. The summed E-state index contributed by atoms with van der Waals surface area (Å²) in [7, 11) is 0. The number of nitriles is 1. The first-order chi connectivity index (χ1) is 15.9. The van der Waals surface area contributed by atoms with Crippen molar-refractivity contribution >= 4 is 40.9 Å². The predicted octanol–water partition coefficient (Wildman–Crippen LogP) is 4.85. The molecule has 0 radical (unpaired) electrons. The van der Waals surface area contributed by atoms with Gasteiger partial charge < -0.3 is 15.4 Å². The number of amides is 2. The molecule has 0 aliphatic carbocycles. The first kappa shape index (κ1) is 23.6. The van der Waals surface area contributed by atoms with Gasteiger partial charge in [-0.1, -0.05) is 36.0 Å². The van der Waals surface area contributed by atoms with E-state index in [0.29, 0.717) is 32.3 Å². The fraction of sp³-hybridized carbons (Fsp3) is 0.120. The molecule has 33 heavy (non-hydrogen) atoms. The van der Waals surface area contributed by atoms with Crippen LogP contribution in [0.2, 0.25) is 0 Å². The van der Waals surface area contributed by atoms with Crippen LogP contribution >= 0.6 is 11.8 Å². The number of carbonyl (C=O) groups is 3. The standard InChI is InChI=1S/C25H21N3O4S/c1-16(24(30)28-20-13-11-19(12-14-20)27-17(2)29)32-25(31)21-8-4-6-10-23(21)33-22-9-5-3-7-18(22)15-26/h3-14,16H,1-2H3,(H,27,29)(H,28,30)/t16-/m1/s1. The molecule has 2 amide bonds. The van der Waals surface area contributed by atoms with Gasteiger partial charge in [0.25, 0.3) is 5.91 Å². The topological polar surface area (TPSA) is 108 Å². The van der Waals surface area contributed by atoms with Crippen molar-refractivity contribution in [2.75, 3.05) is 10.6 Å². The van der Waals surface area contributed by atoms with Gasteiger partial charge in [-0.3, -0.25) is 9.59 Å². The van der Waals surface area contributed by atoms with Gasteiger partial charge in [-0.15, -0.1) is 0 Å². The molecule has 0 fully saturated rings. The van der Waals surface area contributed by atoms with Crippen LogP contribution in [0.3, 0.4) is 0 Å². The monoisotopic (exact) mass is 459 g/mol. The van der Waals surface area contributed by atoms with E-state index in [1.54, 1.807) is 66.7 Å². The van der Waals surface area contributed by atoms with E-state index in [1.807, 2.05) is 6.07 Å². The summed E-state index contributed by atoms with van der Waals surface area (Å²) in [5, 5.41) is 14.6. The van der Waals surface area contributed by atoms with Crippen molar-refractivity contribution in [3.8, 4) is 6.07 Å². The van der Waals surface area contributed by atoms with Gasteiger partial charge in [0.05, 0.1) is 11.1 Å². The first-order valence-electron chi connectivity index (χ1n) is 10.0. The van der Waals surface area contributed by atoms with E-state index in [0.717, 1.165) is 0 Å². The zero-order chi connectivity index (χ0) is 23.8. The lowest BCUT2D eigenvalue weighted by atomic mass is 10.2. The van der Waals surface area contributed by atoms with Crippen molar-refractivity contribution in [3.05, 3.63) is 83.9 Å². The molecular weight excluding hydrogens is 438 g/mol. The molecule has 3 aromatic carbocycles. The van der Waals surface area contributed by atoms with Crippen molar-refractivity contribution in [2.45, 2.75) is 29.7 Å². The molecule has 0 unspecified atom stereocenters. The summed E-state index contributed by atoms with van der Waals surface area (Å²) < 4.78 is 5.40. The van der Waals surface area contributed by atoms with Crippen LogP contribution in [0.5, 0.6) is 0 Å². The largest absolute Gasteiger partial charge is 0.449 e. The van der Waals surface area contributed by atoms with Crippen molar-refractivity contribution in [3.63, 3.8) is 0 Å². The molecule has 0 aromatic heterocycles. The van der Waals surface area contributed by atoms with Gasteiger partial charge in [-0.05, 0) is 55.5 Å². The maximum Gasteiger partial charge on any atom is 0.340 e. The Morgan fingerprint density at radius 3 is 2.09 bits per heavy atom. The number of rotatable bonds is 7. The van der Waals surface area contributed by atoms with E-state index in [1.165, 1.54) is 25.6 Å². The van der Waals surface area contributed by atoms with Crippen LogP contribution in [0.4, 0.5) is 11.4 Å². The molecule has 0 saturated heterocycles. The van der Waals surface area contributed by atoms with Crippen molar-refractivity contribution in [2.24, 2.45) is 0 Å². The SMILES string of the molecule is CC(=O)Nc1ccc(NC(=O)[C@@H](C)OC(=O)c2ccccc2Sc2ccccc2C#N)cc1. The predicted molar refractivity (Wildman–Crippen MR) is 126 cm³/mol. The molecule has 166 valence electrons. The van der Waals surface area contributed by atoms with E-state index < -0.39 is 18.0 Å². The number of benzene rings is 3. The summed E-state index contributed by atoms with van der Waals surface area (Å²) in [5.41, 5.74) is 1.91. The highest BCUT2D eigenvalue weighted by molar-refractivity contribution is 7.99. The van der Waals surface area contributed by atoms with E-state index in [-0.39, 0.29) is 5.91 Å². The Hall–Kier alpha value is -4.09. The van der Waals surface area contributed by atoms with E-state index in [9.17, 15) is 19.6 Å². The molecule has 3 aromatic rings. The molecule has 0 bridgehead atoms. The number of ether oxygens (including phenoxy) is 1. The van der Waals surface area contributed by atoms with Crippen molar-refractivity contribution in [1.82, 2.24) is 0 Å². The van der Waals surface area contributed by atoms with Crippen LogP contribution in [0.15, 0.2) is 82.6 Å². The molecule has 8 heteroatoms. The van der Waals surface area contributed by atoms with Crippen LogP contribution in [-0.2, 0) is 14.3 Å². The summed E-state index contributed by atoms with van der Waals surface area (Å²) in [5.74, 6) is -1.33. The maximum atomic E-state index is 12.8. The Balaban J connectivity index is 1.67. The lowest BCUT2D eigenvalue weighted by Gasteiger charge is -2.15. The number of hydrogen-bond donors (Lipinski definition) is 2. The fourth-order valence-electron chi connectivity index (χ4n) is 2.85. The highest BCUT2D eigenvalue weighted by atomic mass is 32.2. The molecule has 7 nitrogen and oxygen atoms in total. The van der Waals surface area contributed by atoms with Gasteiger partial charge in [0.15, 0.2) is 6.10 Å². The average molecular weight is 460 g/mol. The molecule has 0 heterocycles. The van der Waals surface area contributed by atoms with Crippen LogP contribution in [0, 0.1) is 11.3 Å². The van der Waals surface area contributed by atoms with Gasteiger partial charge in [-0.2, -0.15) is 5.26 Å². The second kappa shape index (κ2) is 11.0. The summed E-state index contributed by atoms with van der Waals surface area (Å²) in [6.07, 6.45) is -1.04. The Morgan fingerprint density at radius 1 is 0.879 bits per heavy atom. The Morgan fingerprint density at radius 2 is 1.45 bits per heavy atom. The number of nitrogens with one attached hydrogen (secondary N) is 2. The lowest BCUT2D eigenvalue weighted by Crippen LogP contribution is -2.30. The minimum atomic E-state index is -1.04. The van der Waals surface area contributed by atoms with Crippen LogP contribution in [-0.4, -0.2) is 23.9 Å². The number of anilines is 2. The van der Waals surface area contributed by atoms with Crippen LogP contribution in [0.1, 0.15) is 29.8 Å². The number of hydrogen-bond acceptors (Lipinski definition) is 6. The molecule has 0 spiro atoms. The lowest BCUT2D eigenvalue weighted by molar-refractivity contribution is -0.123. The van der Waals surface area contributed by atoms with Crippen LogP contribution in [0.25, 0.3) is 0 Å². The highest BCUT2D eigenvalue weighted by Crippen LogP contribution is 2.33. The molecular formula is C25H21N3O4S. The molecule has 0 aliphatic heterocycles. The molecule has 0 aliphatic rings. The summed E-state index contributed by atoms with van der Waals surface area (Å²) in [6, 6.07) is 22.7. The van der Waals surface area contributed by atoms with E-state index in [2.05, 4.69) is 16.7 Å². The normalized spacial score (nSPS) is 11.1. The minimum absolute atomic E-state index is 0.193. The zero-order valence-electron chi connectivity index (χ0n) is 18.0. The Kier molecular flexibility index (Phi) is 7.84. The fourth-order valence-corrected chi connectivity index (χ4v) is 3.87. The van der Waals surface area contributed by atoms with Gasteiger partial charge >= 0.3 is 5.97 Å². The third-order valence-electron chi connectivity index (χ3n) is 4.46. The van der Waals surface area contributed by atoms with Gasteiger partial charge in [-0.25, -0.2) is 4.79 Å². The quantitative estimate of drug-likeness (QED) is 0.489.